The van der Waals surface area contributed by atoms with Crippen molar-refractivity contribution in [3.8, 4) is 0 Å². The van der Waals surface area contributed by atoms with E-state index in [4.69, 9.17) is 11.6 Å². The second-order valence-corrected chi connectivity index (χ2v) is 7.26. The summed E-state index contributed by atoms with van der Waals surface area (Å²) in [5, 5.41) is 1.69. The minimum absolute atomic E-state index is 0.0344. The number of alkyl halides is 3. The number of hydrogen-bond acceptors (Lipinski definition) is 3. The van der Waals surface area contributed by atoms with Gasteiger partial charge in [-0.15, -0.1) is 0 Å². The quantitative estimate of drug-likeness (QED) is 0.806. The van der Waals surface area contributed by atoms with Gasteiger partial charge in [0.2, 0.25) is 9.84 Å². The van der Waals surface area contributed by atoms with Gasteiger partial charge >= 0.3 is 12.1 Å². The molecule has 0 unspecified atom stereocenters. The van der Waals surface area contributed by atoms with Gasteiger partial charge in [0.05, 0.1) is 4.90 Å². The second kappa shape index (κ2) is 7.01. The van der Waals surface area contributed by atoms with Gasteiger partial charge in [-0.25, -0.2) is 12.8 Å². The van der Waals surface area contributed by atoms with Crippen molar-refractivity contribution < 1.29 is 30.8 Å². The third-order valence-electron chi connectivity index (χ3n) is 3.13. The molecule has 134 valence electrons. The summed E-state index contributed by atoms with van der Waals surface area (Å²) in [7, 11) is -4.16. The maximum atomic E-state index is 13.8. The summed E-state index contributed by atoms with van der Waals surface area (Å²) in [6.45, 7) is -0.437. The second-order valence-electron chi connectivity index (χ2n) is 4.90. The Morgan fingerprint density at radius 2 is 1.68 bits per heavy atom. The monoisotopic (exact) mass is 395 g/mol. The Bertz CT molecular complexity index is 896. The van der Waals surface area contributed by atoms with E-state index in [2.05, 4.69) is 0 Å². The van der Waals surface area contributed by atoms with Crippen molar-refractivity contribution in [2.24, 2.45) is 0 Å². The van der Waals surface area contributed by atoms with Crippen LogP contribution in [0.2, 0.25) is 5.02 Å². The SMILES string of the molecule is O=C(NCc1ccc(S(=O)(=O)c2ccc(Cl)cc2F)cc1)C(F)(F)F. The molecule has 2 aromatic carbocycles. The molecule has 0 aliphatic heterocycles. The van der Waals surface area contributed by atoms with E-state index in [9.17, 15) is 30.8 Å². The molecule has 0 aromatic heterocycles. The third kappa shape index (κ3) is 4.49. The molecule has 0 bridgehead atoms. The minimum atomic E-state index is -5.00. The standard InChI is InChI=1S/C15H10ClF4NO3S/c16-10-3-6-13(12(17)7-10)25(23,24)11-4-1-9(2-5-11)8-21-14(22)15(18,19)20/h1-7H,8H2,(H,21,22). The van der Waals surface area contributed by atoms with E-state index in [1.165, 1.54) is 18.2 Å². The Labute approximate surface area is 145 Å². The molecule has 0 atom stereocenters. The van der Waals surface area contributed by atoms with Crippen LogP contribution in [0.15, 0.2) is 52.3 Å². The fourth-order valence-corrected chi connectivity index (χ4v) is 3.36. The van der Waals surface area contributed by atoms with Crippen LogP contribution in [0.3, 0.4) is 0 Å². The lowest BCUT2D eigenvalue weighted by Gasteiger charge is -2.09. The normalized spacial score (nSPS) is 12.0. The van der Waals surface area contributed by atoms with Gasteiger partial charge in [0, 0.05) is 11.6 Å². The van der Waals surface area contributed by atoms with Crippen molar-refractivity contribution >= 4 is 27.3 Å². The maximum Gasteiger partial charge on any atom is 0.471 e. The number of benzene rings is 2. The Kier molecular flexibility index (Phi) is 5.38. The van der Waals surface area contributed by atoms with Crippen LogP contribution in [0.5, 0.6) is 0 Å². The Morgan fingerprint density at radius 1 is 1.08 bits per heavy atom. The molecule has 0 aliphatic carbocycles. The molecule has 0 fully saturated rings. The summed E-state index contributed by atoms with van der Waals surface area (Å²) in [5.74, 6) is -3.12. The van der Waals surface area contributed by atoms with Gasteiger partial charge in [0.15, 0.2) is 0 Å². The number of halogens is 5. The van der Waals surface area contributed by atoms with Gasteiger partial charge in [-0.1, -0.05) is 23.7 Å². The van der Waals surface area contributed by atoms with Gasteiger partial charge in [-0.3, -0.25) is 4.79 Å². The van der Waals surface area contributed by atoms with Gasteiger partial charge in [0.25, 0.3) is 0 Å². The lowest BCUT2D eigenvalue weighted by molar-refractivity contribution is -0.173. The molecular weight excluding hydrogens is 386 g/mol. The van der Waals surface area contributed by atoms with Crippen molar-refractivity contribution in [3.63, 3.8) is 0 Å². The molecule has 25 heavy (non-hydrogen) atoms. The lowest BCUT2D eigenvalue weighted by Crippen LogP contribution is -2.36. The van der Waals surface area contributed by atoms with Crippen LogP contribution in [0.4, 0.5) is 17.6 Å². The highest BCUT2D eigenvalue weighted by Crippen LogP contribution is 2.25. The summed E-state index contributed by atoms with van der Waals surface area (Å²) < 4.78 is 74.8. The number of sulfone groups is 1. The number of carbonyl (C=O) groups excluding carboxylic acids is 1. The summed E-state index contributed by atoms with van der Waals surface area (Å²) in [6, 6.07) is 7.75. The molecular formula is C15H10ClF4NO3S. The molecule has 0 saturated heterocycles. The zero-order valence-corrected chi connectivity index (χ0v) is 13.8. The van der Waals surface area contributed by atoms with E-state index in [1.54, 1.807) is 5.32 Å². The lowest BCUT2D eigenvalue weighted by atomic mass is 10.2. The third-order valence-corrected chi connectivity index (χ3v) is 5.17. The molecule has 1 N–H and O–H groups in total. The molecule has 2 rings (SSSR count). The highest BCUT2D eigenvalue weighted by molar-refractivity contribution is 7.91. The van der Waals surface area contributed by atoms with Gasteiger partial charge in [0.1, 0.15) is 10.7 Å². The van der Waals surface area contributed by atoms with E-state index in [0.29, 0.717) is 0 Å². The van der Waals surface area contributed by atoms with E-state index in [1.807, 2.05) is 0 Å². The first-order valence-corrected chi connectivity index (χ1v) is 8.52. The topological polar surface area (TPSA) is 63.2 Å². The molecule has 0 radical (unpaired) electrons. The number of hydrogen-bond donors (Lipinski definition) is 1. The van der Waals surface area contributed by atoms with Crippen molar-refractivity contribution in [1.82, 2.24) is 5.32 Å². The predicted molar refractivity (Wildman–Crippen MR) is 81.2 cm³/mol. The van der Waals surface area contributed by atoms with Crippen LogP contribution >= 0.6 is 11.6 Å². The minimum Gasteiger partial charge on any atom is -0.344 e. The summed E-state index contributed by atoms with van der Waals surface area (Å²) in [6.07, 6.45) is -5.00. The van der Waals surface area contributed by atoms with Crippen molar-refractivity contribution in [2.75, 3.05) is 0 Å². The zero-order valence-electron chi connectivity index (χ0n) is 12.3. The van der Waals surface area contributed by atoms with Crippen LogP contribution < -0.4 is 5.32 Å². The highest BCUT2D eigenvalue weighted by atomic mass is 35.5. The molecule has 0 saturated carbocycles. The van der Waals surface area contributed by atoms with Crippen LogP contribution in [-0.4, -0.2) is 20.5 Å². The van der Waals surface area contributed by atoms with Gasteiger partial charge in [-0.05, 0) is 35.9 Å². The largest absolute Gasteiger partial charge is 0.471 e. The molecule has 0 heterocycles. The molecule has 1 amide bonds. The van der Waals surface area contributed by atoms with E-state index in [0.717, 1.165) is 24.3 Å². The van der Waals surface area contributed by atoms with Crippen LogP contribution in [-0.2, 0) is 21.2 Å². The first-order valence-electron chi connectivity index (χ1n) is 6.66. The first-order chi connectivity index (χ1) is 11.5. The Balaban J connectivity index is 2.20. The van der Waals surface area contributed by atoms with Gasteiger partial charge < -0.3 is 5.32 Å². The molecule has 4 nitrogen and oxygen atoms in total. The van der Waals surface area contributed by atoms with E-state index < -0.39 is 39.2 Å². The average molecular weight is 396 g/mol. The number of amides is 1. The molecule has 0 aliphatic rings. The van der Waals surface area contributed by atoms with Crippen LogP contribution in [0, 0.1) is 5.82 Å². The zero-order chi connectivity index (χ0) is 18.8. The predicted octanol–water partition coefficient (Wildman–Crippen LogP) is 3.49. The van der Waals surface area contributed by atoms with E-state index >= 15 is 0 Å². The van der Waals surface area contributed by atoms with Crippen molar-refractivity contribution in [1.29, 1.82) is 0 Å². The molecule has 10 heteroatoms. The fourth-order valence-electron chi connectivity index (χ4n) is 1.89. The Hall–Kier alpha value is -2.13. The highest BCUT2D eigenvalue weighted by Gasteiger charge is 2.38. The molecule has 2 aromatic rings. The number of nitrogens with one attached hydrogen (secondary N) is 1. The number of rotatable bonds is 4. The molecule has 0 spiro atoms. The smallest absolute Gasteiger partial charge is 0.344 e. The van der Waals surface area contributed by atoms with Gasteiger partial charge in [-0.2, -0.15) is 13.2 Å². The van der Waals surface area contributed by atoms with Crippen molar-refractivity contribution in [3.05, 3.63) is 58.9 Å². The fraction of sp³-hybridized carbons (Fsp3) is 0.133. The summed E-state index contributed by atoms with van der Waals surface area (Å²) in [4.78, 5) is 9.91. The van der Waals surface area contributed by atoms with Crippen LogP contribution in [0.25, 0.3) is 0 Å². The Morgan fingerprint density at radius 3 is 2.20 bits per heavy atom. The number of carbonyl (C=O) groups is 1. The summed E-state index contributed by atoms with van der Waals surface area (Å²) >= 11 is 5.58. The summed E-state index contributed by atoms with van der Waals surface area (Å²) in [5.41, 5.74) is 0.244. The maximum absolute atomic E-state index is 13.8. The van der Waals surface area contributed by atoms with Crippen LogP contribution in [0.1, 0.15) is 5.56 Å². The van der Waals surface area contributed by atoms with Crippen molar-refractivity contribution in [2.45, 2.75) is 22.5 Å². The van der Waals surface area contributed by atoms with E-state index in [-0.39, 0.29) is 15.5 Å². The first kappa shape index (κ1) is 19.2. The average Bonchev–Trinajstić information content (AvgIpc) is 2.51.